The highest BCUT2D eigenvalue weighted by molar-refractivity contribution is 7.86. The van der Waals surface area contributed by atoms with Crippen LogP contribution in [0.25, 0.3) is 22.3 Å². The molecule has 0 amide bonds. The van der Waals surface area contributed by atoms with Crippen LogP contribution >= 0.6 is 8.58 Å². The Morgan fingerprint density at radius 2 is 1.32 bits per heavy atom. The molecule has 0 fully saturated rings. The second-order valence-electron chi connectivity index (χ2n) is 8.20. The maximum Gasteiger partial charge on any atom is 0.295 e. The molecule has 4 aromatic carbocycles. The van der Waals surface area contributed by atoms with Crippen molar-refractivity contribution in [2.24, 2.45) is 0 Å². The van der Waals surface area contributed by atoms with Crippen LogP contribution in [0.2, 0.25) is 0 Å². The average Bonchev–Trinajstić information content (AvgIpc) is 2.84. The summed E-state index contributed by atoms with van der Waals surface area (Å²) in [7, 11) is -4.23. The average molecular weight is 493 g/mol. The number of aliphatic hydroxyl groups is 2. The van der Waals surface area contributed by atoms with E-state index >= 15 is 0 Å². The Bertz CT molecular complexity index is 1410. The maximum absolute atomic E-state index is 11.7. The van der Waals surface area contributed by atoms with E-state index in [4.69, 9.17) is 0 Å². The lowest BCUT2D eigenvalue weighted by Crippen LogP contribution is -2.26. The first kappa shape index (κ1) is 24.3. The first-order chi connectivity index (χ1) is 16.2. The van der Waals surface area contributed by atoms with Gasteiger partial charge in [0.05, 0.1) is 6.61 Å². The summed E-state index contributed by atoms with van der Waals surface area (Å²) in [5, 5.41) is 22.0. The van der Waals surface area contributed by atoms with Gasteiger partial charge in [-0.3, -0.25) is 4.55 Å². The van der Waals surface area contributed by atoms with Crippen LogP contribution in [0.5, 0.6) is 0 Å². The molecule has 0 saturated carbocycles. The zero-order valence-electron chi connectivity index (χ0n) is 18.5. The lowest BCUT2D eigenvalue weighted by Gasteiger charge is -2.25. The summed E-state index contributed by atoms with van der Waals surface area (Å²) in [5.74, 6) is 0. The van der Waals surface area contributed by atoms with E-state index in [-0.39, 0.29) is 13.5 Å². The van der Waals surface area contributed by atoms with Crippen LogP contribution in [-0.2, 0) is 15.7 Å². The number of hydrogen-bond acceptors (Lipinski definition) is 4. The third-order valence-corrected chi connectivity index (χ3v) is 8.09. The zero-order chi connectivity index (χ0) is 24.3. The molecule has 0 aliphatic rings. The van der Waals surface area contributed by atoms with Crippen LogP contribution in [0.4, 0.5) is 0 Å². The summed E-state index contributed by atoms with van der Waals surface area (Å²) in [6, 6.07) is 29.7. The van der Waals surface area contributed by atoms with E-state index in [1.54, 1.807) is 25.1 Å². The minimum Gasteiger partial charge on any atom is -0.393 e. The van der Waals surface area contributed by atoms with E-state index in [1.807, 2.05) is 72.8 Å². The highest BCUT2D eigenvalue weighted by atomic mass is 32.2. The quantitative estimate of drug-likeness (QED) is 0.267. The van der Waals surface area contributed by atoms with E-state index in [9.17, 15) is 23.2 Å². The molecule has 0 aliphatic carbocycles. The Morgan fingerprint density at radius 1 is 0.765 bits per heavy atom. The molecule has 0 radical (unpaired) electrons. The SMILES string of the molecule is CC(O)(CO)c1ccccc1-c1ccccc1-c1ccc(Pc2ccccc2S(=O)(=O)O)cc1. The second-order valence-corrected chi connectivity index (χ2v) is 11.0. The van der Waals surface area contributed by atoms with Gasteiger partial charge in [-0.15, -0.1) is 0 Å². The van der Waals surface area contributed by atoms with E-state index in [1.165, 1.54) is 6.07 Å². The molecule has 0 aliphatic heterocycles. The van der Waals surface area contributed by atoms with Gasteiger partial charge in [0, 0.05) is 0 Å². The van der Waals surface area contributed by atoms with Crippen LogP contribution in [0.15, 0.2) is 102 Å². The fraction of sp³-hybridized carbons (Fsp3) is 0.111. The Balaban J connectivity index is 1.71. The normalized spacial score (nSPS) is 13.8. The predicted octanol–water partition coefficient (Wildman–Crippen LogP) is 4.10. The molecule has 2 unspecified atom stereocenters. The summed E-state index contributed by atoms with van der Waals surface area (Å²) >= 11 is 0. The van der Waals surface area contributed by atoms with Crippen molar-refractivity contribution in [3.63, 3.8) is 0 Å². The fourth-order valence-electron chi connectivity index (χ4n) is 3.93. The third kappa shape index (κ3) is 5.12. The number of hydrogen-bond donors (Lipinski definition) is 3. The van der Waals surface area contributed by atoms with Crippen LogP contribution in [0.3, 0.4) is 0 Å². The van der Waals surface area contributed by atoms with Gasteiger partial charge in [-0.05, 0) is 51.4 Å². The number of benzene rings is 4. The van der Waals surface area contributed by atoms with Gasteiger partial charge in [-0.25, -0.2) is 0 Å². The van der Waals surface area contributed by atoms with Crippen LogP contribution in [0.1, 0.15) is 12.5 Å². The van der Waals surface area contributed by atoms with Gasteiger partial charge in [0.2, 0.25) is 0 Å². The van der Waals surface area contributed by atoms with Crippen LogP contribution < -0.4 is 10.6 Å². The number of aliphatic hydroxyl groups excluding tert-OH is 1. The summed E-state index contributed by atoms with van der Waals surface area (Å²) in [4.78, 5) is -0.0738. The van der Waals surface area contributed by atoms with Crippen molar-refractivity contribution in [1.29, 1.82) is 0 Å². The zero-order valence-corrected chi connectivity index (χ0v) is 20.3. The molecule has 0 aromatic heterocycles. The van der Waals surface area contributed by atoms with Crippen LogP contribution in [0, 0.1) is 0 Å². The Labute approximate surface area is 201 Å². The molecule has 0 spiro atoms. The fourth-order valence-corrected chi connectivity index (χ4v) is 6.09. The van der Waals surface area contributed by atoms with Crippen molar-refractivity contribution in [3.05, 3.63) is 103 Å². The molecule has 7 heteroatoms. The molecular formula is C27H25O5PS. The molecular weight excluding hydrogens is 467 g/mol. The molecule has 4 aromatic rings. The van der Waals surface area contributed by atoms with Crippen LogP contribution in [-0.4, -0.2) is 29.8 Å². The minimum atomic E-state index is -4.29. The van der Waals surface area contributed by atoms with Crippen molar-refractivity contribution in [1.82, 2.24) is 0 Å². The summed E-state index contributed by atoms with van der Waals surface area (Å²) in [6.45, 7) is 1.20. The molecule has 3 N–H and O–H groups in total. The number of rotatable bonds is 7. The Hall–Kier alpha value is -2.86. The monoisotopic (exact) mass is 492 g/mol. The van der Waals surface area contributed by atoms with Gasteiger partial charge in [0.15, 0.2) is 0 Å². The van der Waals surface area contributed by atoms with Gasteiger partial charge in [-0.1, -0.05) is 99.6 Å². The molecule has 0 bridgehead atoms. The Kier molecular flexibility index (Phi) is 6.99. The lowest BCUT2D eigenvalue weighted by atomic mass is 9.86. The summed E-state index contributed by atoms with van der Waals surface area (Å²) in [5.41, 5.74) is 2.96. The minimum absolute atomic E-state index is 0.0635. The van der Waals surface area contributed by atoms with Crippen molar-refractivity contribution in [2.75, 3.05) is 6.61 Å². The first-order valence-corrected chi connectivity index (χ1v) is 13.1. The molecule has 4 rings (SSSR count). The summed E-state index contributed by atoms with van der Waals surface area (Å²) in [6.07, 6.45) is 0. The van der Waals surface area contributed by atoms with E-state index in [2.05, 4.69) is 0 Å². The maximum atomic E-state index is 11.7. The van der Waals surface area contributed by atoms with Gasteiger partial charge in [-0.2, -0.15) is 8.42 Å². The summed E-state index contributed by atoms with van der Waals surface area (Å²) < 4.78 is 32.9. The lowest BCUT2D eigenvalue weighted by molar-refractivity contribution is -0.00180. The predicted molar refractivity (Wildman–Crippen MR) is 138 cm³/mol. The molecule has 34 heavy (non-hydrogen) atoms. The van der Waals surface area contributed by atoms with Crippen molar-refractivity contribution >= 4 is 29.3 Å². The van der Waals surface area contributed by atoms with Gasteiger partial charge in [0.1, 0.15) is 10.5 Å². The largest absolute Gasteiger partial charge is 0.393 e. The van der Waals surface area contributed by atoms with E-state index in [0.717, 1.165) is 27.6 Å². The van der Waals surface area contributed by atoms with Gasteiger partial charge in [0.25, 0.3) is 10.1 Å². The highest BCUT2D eigenvalue weighted by Crippen LogP contribution is 2.37. The molecule has 2 atom stereocenters. The molecule has 5 nitrogen and oxygen atoms in total. The first-order valence-electron chi connectivity index (χ1n) is 10.7. The smallest absolute Gasteiger partial charge is 0.295 e. The Morgan fingerprint density at radius 3 is 1.97 bits per heavy atom. The topological polar surface area (TPSA) is 94.8 Å². The van der Waals surface area contributed by atoms with E-state index < -0.39 is 22.3 Å². The van der Waals surface area contributed by atoms with E-state index in [0.29, 0.717) is 10.9 Å². The van der Waals surface area contributed by atoms with Crippen molar-refractivity contribution < 1.29 is 23.2 Å². The molecule has 0 saturated heterocycles. The van der Waals surface area contributed by atoms with Crippen molar-refractivity contribution in [2.45, 2.75) is 17.4 Å². The second kappa shape index (κ2) is 9.79. The standard InChI is InChI=1S/C27H25O5PS/c1-27(29,18-28)24-11-5-4-10-23(24)22-9-3-2-8-21(22)19-14-16-20(17-15-19)33-25-12-6-7-13-26(25)34(30,31)32/h2-17,28-29,33H,18H2,1H3,(H,30,31,32). The molecule has 0 heterocycles. The molecule has 174 valence electrons. The third-order valence-electron chi connectivity index (χ3n) is 5.67. The highest BCUT2D eigenvalue weighted by Gasteiger charge is 2.26. The van der Waals surface area contributed by atoms with Gasteiger partial charge < -0.3 is 10.2 Å². The van der Waals surface area contributed by atoms with Gasteiger partial charge >= 0.3 is 0 Å². The van der Waals surface area contributed by atoms with Crippen molar-refractivity contribution in [3.8, 4) is 22.3 Å².